The van der Waals surface area contributed by atoms with E-state index in [1.807, 2.05) is 17.3 Å². The number of allylic oxidation sites excluding steroid dienone is 4. The van der Waals surface area contributed by atoms with Crippen molar-refractivity contribution in [3.8, 4) is 0 Å². The van der Waals surface area contributed by atoms with E-state index in [9.17, 15) is 0 Å². The van der Waals surface area contributed by atoms with Gasteiger partial charge in [-0.25, -0.2) is 0 Å². The quantitative estimate of drug-likeness (QED) is 0.318. The Hall–Kier alpha value is 0.393. The van der Waals surface area contributed by atoms with Gasteiger partial charge in [0.25, 0.3) is 0 Å². The van der Waals surface area contributed by atoms with Gasteiger partial charge in [-0.05, 0) is 6.42 Å². The Morgan fingerprint density at radius 2 is 1.27 bits per heavy atom. The van der Waals surface area contributed by atoms with Gasteiger partial charge in [-0.3, -0.25) is 6.08 Å². The van der Waals surface area contributed by atoms with Crippen LogP contribution in [-0.2, 0) is 17.3 Å². The summed E-state index contributed by atoms with van der Waals surface area (Å²) in [6.07, 6.45) is 14.5. The fourth-order valence-electron chi connectivity index (χ4n) is 0.786. The number of hydrogen-bond acceptors (Lipinski definition) is 0. The van der Waals surface area contributed by atoms with Crippen LogP contribution in [0.3, 0.4) is 0 Å². The predicted octanol–water partition coefficient (Wildman–Crippen LogP) is 5.41. The molecule has 0 bridgehead atoms. The molecule has 0 saturated carbocycles. The number of hydrogen-bond donors (Lipinski definition) is 0. The van der Waals surface area contributed by atoms with Gasteiger partial charge in [-0.2, -0.15) is 6.42 Å². The molecule has 0 unspecified atom stereocenters. The Bertz CT molecular complexity index is 83.1. The van der Waals surface area contributed by atoms with Crippen molar-refractivity contribution in [2.45, 2.75) is 25.7 Å². The SMILES string of the molecule is [C-]1=CCCC=CCC1.[CH3-].[CH3-].[CH3-].[CH3-].[CH3-].[Cl][Ru]. The molecule has 0 aromatic carbocycles. The zero-order chi connectivity index (χ0) is 7.66. The summed E-state index contributed by atoms with van der Waals surface area (Å²) >= 11 is 1.82. The van der Waals surface area contributed by atoms with Crippen molar-refractivity contribution < 1.29 is 17.3 Å². The van der Waals surface area contributed by atoms with Gasteiger partial charge in [0.2, 0.25) is 0 Å². The number of rotatable bonds is 0. The molecule has 2 heteroatoms. The molecule has 0 aromatic rings. The van der Waals surface area contributed by atoms with E-state index in [0.717, 1.165) is 6.42 Å². The summed E-state index contributed by atoms with van der Waals surface area (Å²) in [4.78, 5) is 0. The topological polar surface area (TPSA) is 0 Å². The molecule has 0 fully saturated rings. The molecule has 1 aliphatic carbocycles. The molecule has 0 radical (unpaired) electrons. The number of halogens is 1. The van der Waals surface area contributed by atoms with Crippen molar-refractivity contribution in [2.75, 3.05) is 0 Å². The summed E-state index contributed by atoms with van der Waals surface area (Å²) in [7, 11) is 4.57. The molecule has 0 atom stereocenters. The Kier molecular flexibility index (Phi) is 88.3. The maximum absolute atomic E-state index is 4.57. The first-order valence-electron chi connectivity index (χ1n) is 3.33. The van der Waals surface area contributed by atoms with Crippen LogP contribution in [0.25, 0.3) is 0 Å². The normalized spacial score (nSPS) is 11.1. The van der Waals surface area contributed by atoms with Gasteiger partial charge >= 0.3 is 27.0 Å². The van der Waals surface area contributed by atoms with E-state index >= 15 is 0 Å². The molecule has 1 rings (SSSR count). The van der Waals surface area contributed by atoms with E-state index in [1.54, 1.807) is 0 Å². The molecule has 0 N–H and O–H groups in total. The second kappa shape index (κ2) is 36.6. The average molecular weight is 319 g/mol. The summed E-state index contributed by atoms with van der Waals surface area (Å²) < 4.78 is 0. The molecular formula is C13H26ClRu-6. The first kappa shape index (κ1) is 36.1. The van der Waals surface area contributed by atoms with Crippen molar-refractivity contribution in [1.29, 1.82) is 0 Å². The van der Waals surface area contributed by atoms with E-state index in [1.165, 1.54) is 19.3 Å². The van der Waals surface area contributed by atoms with Gasteiger partial charge in [0.05, 0.1) is 0 Å². The van der Waals surface area contributed by atoms with Crippen LogP contribution in [0.2, 0.25) is 0 Å². The Morgan fingerprint density at radius 1 is 0.800 bits per heavy atom. The third-order valence-electron chi connectivity index (χ3n) is 1.24. The van der Waals surface area contributed by atoms with Gasteiger partial charge in [0.1, 0.15) is 0 Å². The van der Waals surface area contributed by atoms with Crippen LogP contribution >= 0.6 is 9.69 Å². The van der Waals surface area contributed by atoms with Crippen molar-refractivity contribution in [3.63, 3.8) is 0 Å². The molecule has 0 aromatic heterocycles. The van der Waals surface area contributed by atoms with Crippen LogP contribution < -0.4 is 0 Å². The predicted molar refractivity (Wildman–Crippen MR) is 73.3 cm³/mol. The zero-order valence-corrected chi connectivity index (χ0v) is 13.3. The average Bonchev–Trinajstić information content (AvgIpc) is 1.90. The molecule has 0 amide bonds. The minimum atomic E-state index is 0. The van der Waals surface area contributed by atoms with E-state index in [4.69, 9.17) is 0 Å². The van der Waals surface area contributed by atoms with Crippen molar-refractivity contribution in [1.82, 2.24) is 0 Å². The Balaban J connectivity index is -0.0000000274. The van der Waals surface area contributed by atoms with Crippen LogP contribution in [0.15, 0.2) is 18.2 Å². The molecular weight excluding hydrogens is 293 g/mol. The third-order valence-corrected chi connectivity index (χ3v) is 1.24. The van der Waals surface area contributed by atoms with Gasteiger partial charge in [0.15, 0.2) is 0 Å². The van der Waals surface area contributed by atoms with Gasteiger partial charge < -0.3 is 43.2 Å². The second-order valence-electron chi connectivity index (χ2n) is 2.00. The standard InChI is InChI=1S/C8H11.5CH3.ClH.Ru/c1-2-4-6-8-7-5-3-1;;;;;;;/h1-2,7H,3-6H2;5*1H3;1H;/q6*-1;;+1/p-1. The van der Waals surface area contributed by atoms with Gasteiger partial charge in [-0.1, -0.05) is 25.0 Å². The molecule has 0 nitrogen and oxygen atoms in total. The van der Waals surface area contributed by atoms with E-state index in [-0.39, 0.29) is 37.1 Å². The minimum absolute atomic E-state index is 0. The zero-order valence-electron chi connectivity index (χ0n) is 10.8. The van der Waals surface area contributed by atoms with Crippen molar-refractivity contribution in [3.05, 3.63) is 61.4 Å². The maximum atomic E-state index is 4.57. The molecule has 15 heavy (non-hydrogen) atoms. The summed E-state index contributed by atoms with van der Waals surface area (Å²) in [5.41, 5.74) is 0. The molecule has 0 saturated heterocycles. The van der Waals surface area contributed by atoms with Crippen LogP contribution in [0.5, 0.6) is 0 Å². The van der Waals surface area contributed by atoms with E-state index in [0.29, 0.717) is 0 Å². The Morgan fingerprint density at radius 3 is 1.80 bits per heavy atom. The molecule has 0 spiro atoms. The fourth-order valence-corrected chi connectivity index (χ4v) is 0.786. The van der Waals surface area contributed by atoms with E-state index in [2.05, 4.69) is 34.0 Å². The van der Waals surface area contributed by atoms with Gasteiger partial charge in [-0.15, -0.1) is 0 Å². The second-order valence-corrected chi connectivity index (χ2v) is 2.00. The van der Waals surface area contributed by atoms with Crippen LogP contribution in [0.4, 0.5) is 0 Å². The summed E-state index contributed by atoms with van der Waals surface area (Å²) in [5.74, 6) is 0. The first-order chi connectivity index (χ1) is 5.00. The monoisotopic (exact) mass is 319 g/mol. The first-order valence-corrected chi connectivity index (χ1v) is 5.57. The van der Waals surface area contributed by atoms with Crippen LogP contribution in [-0.4, -0.2) is 0 Å². The van der Waals surface area contributed by atoms with Gasteiger partial charge in [0, 0.05) is 0 Å². The Labute approximate surface area is 114 Å². The molecule has 99 valence electrons. The molecule has 0 heterocycles. The summed E-state index contributed by atoms with van der Waals surface area (Å²) in [5, 5.41) is 0. The fraction of sp³-hybridized carbons (Fsp3) is 0.308. The third kappa shape index (κ3) is 31.4. The summed E-state index contributed by atoms with van der Waals surface area (Å²) in [6, 6.07) is 0. The molecule has 0 aliphatic heterocycles. The molecule has 1 aliphatic rings. The summed E-state index contributed by atoms with van der Waals surface area (Å²) in [6.45, 7) is 0. The van der Waals surface area contributed by atoms with Crippen LogP contribution in [0.1, 0.15) is 25.7 Å². The van der Waals surface area contributed by atoms with E-state index < -0.39 is 0 Å². The van der Waals surface area contributed by atoms with Crippen molar-refractivity contribution in [2.24, 2.45) is 0 Å². The van der Waals surface area contributed by atoms with Crippen LogP contribution in [0, 0.1) is 43.2 Å². The van der Waals surface area contributed by atoms with Crippen molar-refractivity contribution >= 4 is 9.69 Å².